The third kappa shape index (κ3) is 2.90. The Morgan fingerprint density at radius 2 is 1.76 bits per heavy atom. The van der Waals surface area contributed by atoms with Gasteiger partial charge in [0.2, 0.25) is 0 Å². The summed E-state index contributed by atoms with van der Waals surface area (Å²) >= 11 is 2.27. The van der Waals surface area contributed by atoms with E-state index in [4.69, 9.17) is 5.10 Å². The number of nitrogens with one attached hydrogen (secondary N) is 1. The summed E-state index contributed by atoms with van der Waals surface area (Å²) in [6.07, 6.45) is -3.50. The fourth-order valence-corrected chi connectivity index (χ4v) is 3.67. The van der Waals surface area contributed by atoms with Gasteiger partial charge in [-0.25, -0.2) is 4.68 Å². The molecule has 0 saturated carbocycles. The van der Waals surface area contributed by atoms with Crippen molar-refractivity contribution in [1.82, 2.24) is 9.78 Å². The lowest BCUT2D eigenvalue weighted by Crippen LogP contribution is -2.07. The van der Waals surface area contributed by atoms with Crippen molar-refractivity contribution >= 4 is 28.4 Å². The second-order valence-electron chi connectivity index (χ2n) is 5.79. The van der Waals surface area contributed by atoms with Crippen molar-refractivity contribution in [3.05, 3.63) is 63.2 Å². The average molecular weight is 455 g/mol. The van der Waals surface area contributed by atoms with Gasteiger partial charge in [-0.15, -0.1) is 0 Å². The maximum atomic E-state index is 12.8. The Bertz CT molecular complexity index is 930. The number of fused-ring (bicyclic) bond motifs is 1. The molecule has 0 bridgehead atoms. The minimum atomic E-state index is -4.34. The fourth-order valence-electron chi connectivity index (χ4n) is 3.02. The Morgan fingerprint density at radius 3 is 2.44 bits per heavy atom. The maximum Gasteiger partial charge on any atom is 0.416 e. The van der Waals surface area contributed by atoms with Crippen LogP contribution < -0.4 is 5.32 Å². The Morgan fingerprint density at radius 1 is 1.04 bits per heavy atom. The Kier molecular flexibility index (Phi) is 3.98. The minimum Gasteiger partial charge on any atom is -0.369 e. The standard InChI is InChI=1S/C18H13F3IN3/c19-18(20,21)11-5-7-12(8-6-11)25-17-14(9-10-23-17)16(24-25)13-3-1-2-4-15(13)22/h1-8,23H,9-10H2. The third-order valence-electron chi connectivity index (χ3n) is 4.22. The Labute approximate surface area is 156 Å². The zero-order valence-electron chi connectivity index (χ0n) is 12.9. The number of halogens is 4. The molecule has 3 nitrogen and oxygen atoms in total. The molecule has 7 heteroatoms. The quantitative estimate of drug-likeness (QED) is 0.544. The molecular formula is C18H13F3IN3. The van der Waals surface area contributed by atoms with E-state index in [1.165, 1.54) is 12.1 Å². The van der Waals surface area contributed by atoms with Crippen LogP contribution in [0.4, 0.5) is 19.0 Å². The zero-order valence-corrected chi connectivity index (χ0v) is 15.1. The van der Waals surface area contributed by atoms with Crippen LogP contribution in [0, 0.1) is 3.57 Å². The molecule has 2 aromatic carbocycles. The fraction of sp³-hybridized carbons (Fsp3) is 0.167. The van der Waals surface area contributed by atoms with Gasteiger partial charge in [-0.05, 0) is 59.3 Å². The summed E-state index contributed by atoms with van der Waals surface area (Å²) in [4.78, 5) is 0. The summed E-state index contributed by atoms with van der Waals surface area (Å²) < 4.78 is 41.1. The van der Waals surface area contributed by atoms with Crippen molar-refractivity contribution in [2.24, 2.45) is 0 Å². The third-order valence-corrected chi connectivity index (χ3v) is 5.16. The van der Waals surface area contributed by atoms with Gasteiger partial charge in [-0.3, -0.25) is 0 Å². The highest BCUT2D eigenvalue weighted by molar-refractivity contribution is 14.1. The number of benzene rings is 2. The lowest BCUT2D eigenvalue weighted by Gasteiger charge is -2.09. The maximum absolute atomic E-state index is 12.8. The monoisotopic (exact) mass is 455 g/mol. The predicted molar refractivity (Wildman–Crippen MR) is 98.9 cm³/mol. The van der Waals surface area contributed by atoms with E-state index < -0.39 is 11.7 Å². The SMILES string of the molecule is FC(F)(F)c1ccc(-n2nc(-c3ccccc3I)c3c2NCC3)cc1. The van der Waals surface area contributed by atoms with E-state index >= 15 is 0 Å². The minimum absolute atomic E-state index is 0.607. The predicted octanol–water partition coefficient (Wildman–Crippen LogP) is 5.13. The molecule has 0 unspecified atom stereocenters. The van der Waals surface area contributed by atoms with Crippen molar-refractivity contribution in [2.45, 2.75) is 12.6 Å². The van der Waals surface area contributed by atoms with Gasteiger partial charge in [0.15, 0.2) is 0 Å². The van der Waals surface area contributed by atoms with Gasteiger partial charge in [0, 0.05) is 21.2 Å². The molecule has 1 N–H and O–H groups in total. The first-order valence-corrected chi connectivity index (χ1v) is 8.81. The topological polar surface area (TPSA) is 29.9 Å². The molecule has 4 rings (SSSR count). The van der Waals surface area contributed by atoms with Crippen molar-refractivity contribution in [3.8, 4) is 16.9 Å². The lowest BCUT2D eigenvalue weighted by atomic mass is 10.1. The largest absolute Gasteiger partial charge is 0.416 e. The Hall–Kier alpha value is -2.03. The van der Waals surface area contributed by atoms with Crippen LogP contribution >= 0.6 is 22.6 Å². The summed E-state index contributed by atoms with van der Waals surface area (Å²) in [5.74, 6) is 0.856. The molecule has 1 aliphatic heterocycles. The second kappa shape index (κ2) is 6.05. The van der Waals surface area contributed by atoms with Crippen LogP contribution in [-0.2, 0) is 12.6 Å². The molecule has 0 atom stereocenters. The van der Waals surface area contributed by atoms with Crippen molar-refractivity contribution in [2.75, 3.05) is 11.9 Å². The molecule has 0 radical (unpaired) electrons. The first-order valence-electron chi connectivity index (χ1n) is 7.73. The molecule has 0 aliphatic carbocycles. The molecule has 1 aliphatic rings. The summed E-state index contributed by atoms with van der Waals surface area (Å²) in [5, 5.41) is 7.99. The van der Waals surface area contributed by atoms with Crippen LogP contribution in [0.3, 0.4) is 0 Å². The highest BCUT2D eigenvalue weighted by Crippen LogP contribution is 2.37. The van der Waals surface area contributed by atoms with E-state index in [0.29, 0.717) is 5.69 Å². The van der Waals surface area contributed by atoms with Gasteiger partial charge in [-0.2, -0.15) is 18.3 Å². The lowest BCUT2D eigenvalue weighted by molar-refractivity contribution is -0.137. The van der Waals surface area contributed by atoms with Crippen LogP contribution in [0.2, 0.25) is 0 Å². The van der Waals surface area contributed by atoms with Crippen LogP contribution in [0.1, 0.15) is 11.1 Å². The Balaban J connectivity index is 1.82. The van der Waals surface area contributed by atoms with E-state index in [1.807, 2.05) is 24.3 Å². The van der Waals surface area contributed by atoms with E-state index in [0.717, 1.165) is 51.3 Å². The van der Waals surface area contributed by atoms with Gasteiger partial charge in [-0.1, -0.05) is 18.2 Å². The van der Waals surface area contributed by atoms with Crippen molar-refractivity contribution in [1.29, 1.82) is 0 Å². The van der Waals surface area contributed by atoms with Crippen LogP contribution in [-0.4, -0.2) is 16.3 Å². The number of hydrogen-bond acceptors (Lipinski definition) is 2. The number of aromatic nitrogens is 2. The van der Waals surface area contributed by atoms with Gasteiger partial charge >= 0.3 is 6.18 Å². The number of rotatable bonds is 2. The van der Waals surface area contributed by atoms with E-state index in [2.05, 4.69) is 27.9 Å². The summed E-state index contributed by atoms with van der Waals surface area (Å²) in [6, 6.07) is 13.0. The van der Waals surface area contributed by atoms with Gasteiger partial charge in [0.05, 0.1) is 16.9 Å². The van der Waals surface area contributed by atoms with Crippen molar-refractivity contribution in [3.63, 3.8) is 0 Å². The summed E-state index contributed by atoms with van der Waals surface area (Å²) in [7, 11) is 0. The number of anilines is 1. The molecular weight excluding hydrogens is 442 g/mol. The molecule has 1 aromatic heterocycles. The van der Waals surface area contributed by atoms with Gasteiger partial charge in [0.25, 0.3) is 0 Å². The van der Waals surface area contributed by atoms with E-state index in [1.54, 1.807) is 4.68 Å². The van der Waals surface area contributed by atoms with Gasteiger partial charge in [0.1, 0.15) is 5.82 Å². The summed E-state index contributed by atoms with van der Waals surface area (Å²) in [5.41, 5.74) is 2.96. The molecule has 0 amide bonds. The van der Waals surface area contributed by atoms with E-state index in [9.17, 15) is 13.2 Å². The average Bonchev–Trinajstić information content (AvgIpc) is 3.17. The molecule has 0 saturated heterocycles. The molecule has 128 valence electrons. The molecule has 0 spiro atoms. The van der Waals surface area contributed by atoms with Crippen molar-refractivity contribution < 1.29 is 13.2 Å². The van der Waals surface area contributed by atoms with E-state index in [-0.39, 0.29) is 0 Å². The zero-order chi connectivity index (χ0) is 17.6. The number of alkyl halides is 3. The highest BCUT2D eigenvalue weighted by atomic mass is 127. The molecule has 25 heavy (non-hydrogen) atoms. The van der Waals surface area contributed by atoms with Gasteiger partial charge < -0.3 is 5.32 Å². The first kappa shape index (κ1) is 16.4. The number of nitrogens with zero attached hydrogens (tertiary/aromatic N) is 2. The number of hydrogen-bond donors (Lipinski definition) is 1. The molecule has 0 fully saturated rings. The summed E-state index contributed by atoms with van der Waals surface area (Å²) in [6.45, 7) is 0.796. The highest BCUT2D eigenvalue weighted by Gasteiger charge is 2.30. The molecule has 3 aromatic rings. The first-order chi connectivity index (χ1) is 11.9. The van der Waals surface area contributed by atoms with Crippen LogP contribution in [0.5, 0.6) is 0 Å². The normalized spacial score (nSPS) is 13.6. The molecule has 2 heterocycles. The second-order valence-corrected chi connectivity index (χ2v) is 6.95. The van der Waals surface area contributed by atoms with Crippen LogP contribution in [0.25, 0.3) is 16.9 Å². The van der Waals surface area contributed by atoms with Crippen LogP contribution in [0.15, 0.2) is 48.5 Å². The smallest absolute Gasteiger partial charge is 0.369 e.